The van der Waals surface area contributed by atoms with Gasteiger partial charge in [0.1, 0.15) is 0 Å². The molecule has 0 atom stereocenters. The maximum Gasteiger partial charge on any atom is -0.000709 e. The highest BCUT2D eigenvalue weighted by Crippen LogP contribution is 2.34. The second kappa shape index (κ2) is 9.87. The van der Waals surface area contributed by atoms with Crippen LogP contribution >= 0.6 is 0 Å². The molecule has 0 saturated heterocycles. The zero-order valence-corrected chi connectivity index (χ0v) is 22.1. The van der Waals surface area contributed by atoms with Crippen molar-refractivity contribution in [2.75, 3.05) is 0 Å². The fourth-order valence-electron chi connectivity index (χ4n) is 6.22. The fourth-order valence-corrected chi connectivity index (χ4v) is 6.22. The molecule has 37 heavy (non-hydrogen) atoms. The Bertz CT molecular complexity index is 1720. The first kappa shape index (κ1) is 23.5. The summed E-state index contributed by atoms with van der Waals surface area (Å²) in [6.45, 7) is 6.88. The Hall–Kier alpha value is -3.90. The van der Waals surface area contributed by atoms with E-state index in [0.29, 0.717) is 0 Å². The van der Waals surface area contributed by atoms with E-state index in [4.69, 9.17) is 0 Å². The van der Waals surface area contributed by atoms with E-state index in [1.54, 1.807) is 0 Å². The summed E-state index contributed by atoms with van der Waals surface area (Å²) in [5.74, 6) is 0. The third-order valence-corrected chi connectivity index (χ3v) is 7.91. The molecule has 6 rings (SSSR count). The van der Waals surface area contributed by atoms with Gasteiger partial charge in [0.15, 0.2) is 0 Å². The lowest BCUT2D eigenvalue weighted by atomic mass is 9.82. The van der Waals surface area contributed by atoms with Crippen molar-refractivity contribution in [2.45, 2.75) is 46.5 Å². The Balaban J connectivity index is 1.94. The normalized spacial score (nSPS) is 13.2. The standard InChI is InChI=1S/C37H33/c1-4-25-21-22-32-29(23-25)24-33-35(28-19-13-14-20-28)30(5-2)31(6-3)37(36(32)33)34(26-15-9-7-10-16-26)27-17-11-8-12-18-27/h7-19,21-23H,4-6,20H2,1-3H3. The molecule has 181 valence electrons. The van der Waals surface area contributed by atoms with Gasteiger partial charge in [-0.2, -0.15) is 0 Å². The molecule has 0 nitrogen and oxygen atoms in total. The van der Waals surface area contributed by atoms with Gasteiger partial charge in [0, 0.05) is 0 Å². The Morgan fingerprint density at radius 1 is 0.757 bits per heavy atom. The molecule has 2 aliphatic carbocycles. The van der Waals surface area contributed by atoms with Crippen molar-refractivity contribution in [1.29, 1.82) is 0 Å². The van der Waals surface area contributed by atoms with Gasteiger partial charge in [0.05, 0.1) is 0 Å². The summed E-state index contributed by atoms with van der Waals surface area (Å²) in [7, 11) is 0. The number of hydrogen-bond donors (Lipinski definition) is 0. The molecule has 0 fully saturated rings. The Morgan fingerprint density at radius 2 is 1.43 bits per heavy atom. The Kier molecular flexibility index (Phi) is 6.26. The van der Waals surface area contributed by atoms with Crippen LogP contribution in [0.3, 0.4) is 0 Å². The Morgan fingerprint density at radius 3 is 2.00 bits per heavy atom. The smallest absolute Gasteiger partial charge is 0.000709 e. The van der Waals surface area contributed by atoms with Crippen LogP contribution in [0.25, 0.3) is 17.2 Å². The molecule has 0 amide bonds. The van der Waals surface area contributed by atoms with Crippen molar-refractivity contribution in [2.24, 2.45) is 0 Å². The molecule has 4 aromatic rings. The SMILES string of the molecule is CCc1ccc2c(c1)=[C]c1c(C3=CC=CC3)c(CC)c(CC)c(=C(c3ccccc3)c3ccccc3)c1=2. The number of hydrogen-bond acceptors (Lipinski definition) is 0. The second-order valence-corrected chi connectivity index (χ2v) is 9.95. The van der Waals surface area contributed by atoms with Gasteiger partial charge in [-0.25, -0.2) is 0 Å². The van der Waals surface area contributed by atoms with E-state index in [9.17, 15) is 0 Å². The molecule has 0 bridgehead atoms. The zero-order chi connectivity index (χ0) is 25.4. The third-order valence-electron chi connectivity index (χ3n) is 7.91. The minimum Gasteiger partial charge on any atom is -0.0801 e. The van der Waals surface area contributed by atoms with Gasteiger partial charge in [-0.05, 0) is 103 Å². The van der Waals surface area contributed by atoms with Crippen molar-refractivity contribution in [3.05, 3.63) is 157 Å². The molecule has 2 aliphatic rings. The quantitative estimate of drug-likeness (QED) is 0.241. The maximum absolute atomic E-state index is 3.94. The number of fused-ring (bicyclic) bond motifs is 2. The zero-order valence-electron chi connectivity index (χ0n) is 22.1. The molecule has 0 saturated carbocycles. The summed E-state index contributed by atoms with van der Waals surface area (Å²) in [4.78, 5) is 0. The van der Waals surface area contributed by atoms with Gasteiger partial charge >= 0.3 is 0 Å². The number of rotatable bonds is 6. The van der Waals surface area contributed by atoms with Crippen LogP contribution < -0.4 is 10.4 Å². The third kappa shape index (κ3) is 3.92. The van der Waals surface area contributed by atoms with E-state index in [1.165, 1.54) is 71.0 Å². The maximum atomic E-state index is 3.94. The summed E-state index contributed by atoms with van der Waals surface area (Å²) < 4.78 is 0. The lowest BCUT2D eigenvalue weighted by Gasteiger charge is -2.21. The first-order valence-corrected chi connectivity index (χ1v) is 13.7. The van der Waals surface area contributed by atoms with Gasteiger partial charge < -0.3 is 0 Å². The molecule has 0 N–H and O–H groups in total. The molecule has 4 aromatic carbocycles. The predicted molar refractivity (Wildman–Crippen MR) is 157 cm³/mol. The topological polar surface area (TPSA) is 0 Å². The minimum atomic E-state index is 0.991. The Labute approximate surface area is 220 Å². The van der Waals surface area contributed by atoms with Crippen molar-refractivity contribution < 1.29 is 0 Å². The van der Waals surface area contributed by atoms with Crippen LogP contribution in [0.4, 0.5) is 0 Å². The first-order chi connectivity index (χ1) is 18.2. The summed E-state index contributed by atoms with van der Waals surface area (Å²) in [5, 5.41) is 5.30. The molecule has 0 heteroatoms. The van der Waals surface area contributed by atoms with E-state index in [1.807, 2.05) is 0 Å². The van der Waals surface area contributed by atoms with Crippen LogP contribution in [-0.2, 0) is 19.3 Å². The van der Waals surface area contributed by atoms with Crippen LogP contribution in [0.2, 0.25) is 0 Å². The molecule has 0 aromatic heterocycles. The summed E-state index contributed by atoms with van der Waals surface area (Å²) in [5.41, 5.74) is 12.3. The van der Waals surface area contributed by atoms with Crippen LogP contribution in [0.1, 0.15) is 66.1 Å². The lowest BCUT2D eigenvalue weighted by molar-refractivity contribution is 1.01. The highest BCUT2D eigenvalue weighted by Gasteiger charge is 2.23. The molecule has 0 spiro atoms. The van der Waals surface area contributed by atoms with Crippen LogP contribution in [-0.4, -0.2) is 0 Å². The monoisotopic (exact) mass is 477 g/mol. The van der Waals surface area contributed by atoms with Crippen LogP contribution in [0.15, 0.2) is 97.1 Å². The fraction of sp³-hybridized carbons (Fsp3) is 0.189. The van der Waals surface area contributed by atoms with Gasteiger partial charge in [-0.3, -0.25) is 0 Å². The van der Waals surface area contributed by atoms with Crippen molar-refractivity contribution in [3.8, 4) is 0 Å². The summed E-state index contributed by atoms with van der Waals surface area (Å²) in [6, 6.07) is 28.9. The second-order valence-electron chi connectivity index (χ2n) is 9.95. The van der Waals surface area contributed by atoms with Gasteiger partial charge in [0.2, 0.25) is 0 Å². The molecule has 0 unspecified atom stereocenters. The average Bonchev–Trinajstić information content (AvgIpc) is 3.61. The summed E-state index contributed by atoms with van der Waals surface area (Å²) in [6.07, 6.45) is 14.8. The minimum absolute atomic E-state index is 0.991. The van der Waals surface area contributed by atoms with E-state index < -0.39 is 0 Å². The van der Waals surface area contributed by atoms with E-state index in [-0.39, 0.29) is 0 Å². The first-order valence-electron chi connectivity index (χ1n) is 13.7. The van der Waals surface area contributed by atoms with Crippen LogP contribution in [0.5, 0.6) is 0 Å². The molecular formula is C37H33. The number of allylic oxidation sites excluding steroid dienone is 4. The molecular weight excluding hydrogens is 444 g/mol. The van der Waals surface area contributed by atoms with E-state index in [2.05, 4.69) is 124 Å². The van der Waals surface area contributed by atoms with Crippen molar-refractivity contribution >= 4 is 17.2 Å². The molecule has 0 aliphatic heterocycles. The van der Waals surface area contributed by atoms with Gasteiger partial charge in [-0.15, -0.1) is 0 Å². The highest BCUT2D eigenvalue weighted by atomic mass is 14.3. The lowest BCUT2D eigenvalue weighted by Crippen LogP contribution is -2.22. The van der Waals surface area contributed by atoms with Gasteiger partial charge in [0.25, 0.3) is 0 Å². The van der Waals surface area contributed by atoms with Crippen LogP contribution in [0, 0.1) is 10.4 Å². The van der Waals surface area contributed by atoms with Crippen molar-refractivity contribution in [1.82, 2.24) is 0 Å². The summed E-state index contributed by atoms with van der Waals surface area (Å²) >= 11 is 0. The largest absolute Gasteiger partial charge is 0.0801 e. The molecule has 0 heterocycles. The predicted octanol–water partition coefficient (Wildman–Crippen LogP) is 7.27. The molecule has 1 radical (unpaired) electrons. The van der Waals surface area contributed by atoms with E-state index >= 15 is 0 Å². The highest BCUT2D eigenvalue weighted by molar-refractivity contribution is 5.86. The number of benzene rings is 4. The van der Waals surface area contributed by atoms with Crippen molar-refractivity contribution in [3.63, 3.8) is 0 Å². The number of aryl methyl sites for hydroxylation is 1. The average molecular weight is 478 g/mol. The van der Waals surface area contributed by atoms with Gasteiger partial charge in [-0.1, -0.05) is 118 Å². The van der Waals surface area contributed by atoms with E-state index in [0.717, 1.165) is 25.7 Å².